The van der Waals surface area contributed by atoms with E-state index in [1.165, 1.54) is 5.56 Å². The monoisotopic (exact) mass is 393 g/mol. The molecule has 2 saturated heterocycles. The van der Waals surface area contributed by atoms with Crippen LogP contribution >= 0.6 is 0 Å². The number of piperidine rings is 1. The van der Waals surface area contributed by atoms with Gasteiger partial charge in [-0.3, -0.25) is 4.90 Å². The number of aryl methyl sites for hydroxylation is 1. The van der Waals surface area contributed by atoms with Gasteiger partial charge in [-0.25, -0.2) is 9.59 Å². The molecule has 2 atom stereocenters. The van der Waals surface area contributed by atoms with Gasteiger partial charge in [-0.2, -0.15) is 0 Å². The summed E-state index contributed by atoms with van der Waals surface area (Å²) < 4.78 is 5.41. The van der Waals surface area contributed by atoms with E-state index in [9.17, 15) is 9.59 Å². The van der Waals surface area contributed by atoms with Crippen LogP contribution in [0.15, 0.2) is 54.6 Å². The fourth-order valence-corrected chi connectivity index (χ4v) is 4.07. The number of hydrogen-bond acceptors (Lipinski definition) is 3. The lowest BCUT2D eigenvalue weighted by Gasteiger charge is -2.46. The van der Waals surface area contributed by atoms with Crippen LogP contribution in [0.1, 0.15) is 23.1 Å². The number of urea groups is 1. The highest BCUT2D eigenvalue weighted by atomic mass is 16.6. The molecule has 2 heterocycles. The molecule has 2 aromatic rings. The lowest BCUT2D eigenvalue weighted by atomic mass is 9.90. The van der Waals surface area contributed by atoms with Crippen molar-refractivity contribution in [2.45, 2.75) is 32.5 Å². The van der Waals surface area contributed by atoms with Crippen LogP contribution in [0.5, 0.6) is 0 Å². The second kappa shape index (κ2) is 8.55. The van der Waals surface area contributed by atoms with E-state index in [-0.39, 0.29) is 24.1 Å². The number of ether oxygens (including phenoxy) is 1. The summed E-state index contributed by atoms with van der Waals surface area (Å²) in [5.74, 6) is 0.262. The van der Waals surface area contributed by atoms with Crippen molar-refractivity contribution in [3.05, 3.63) is 71.3 Å². The average molecular weight is 393 g/mol. The van der Waals surface area contributed by atoms with Gasteiger partial charge in [0.2, 0.25) is 0 Å². The fourth-order valence-electron chi connectivity index (χ4n) is 4.07. The number of likely N-dealkylation sites (tertiary alicyclic amines) is 1. The largest absolute Gasteiger partial charge is 0.449 e. The van der Waals surface area contributed by atoms with Crippen molar-refractivity contribution in [1.29, 1.82) is 0 Å². The van der Waals surface area contributed by atoms with Crippen molar-refractivity contribution in [2.75, 3.05) is 19.7 Å². The number of benzene rings is 2. The smallest absolute Gasteiger partial charge is 0.410 e. The van der Waals surface area contributed by atoms with E-state index in [1.807, 2.05) is 66.4 Å². The third-order valence-electron chi connectivity index (χ3n) is 5.82. The molecule has 29 heavy (non-hydrogen) atoms. The Balaban J connectivity index is 1.40. The molecule has 3 amide bonds. The van der Waals surface area contributed by atoms with E-state index >= 15 is 0 Å². The third-order valence-corrected chi connectivity index (χ3v) is 5.82. The molecule has 0 aliphatic carbocycles. The summed E-state index contributed by atoms with van der Waals surface area (Å²) in [4.78, 5) is 28.8. The molecule has 0 radical (unpaired) electrons. The molecule has 2 aliphatic rings. The molecular weight excluding hydrogens is 366 g/mol. The van der Waals surface area contributed by atoms with Crippen molar-refractivity contribution in [3.8, 4) is 0 Å². The number of nitrogens with one attached hydrogen (secondary N) is 1. The second-order valence-corrected chi connectivity index (χ2v) is 7.90. The number of fused-ring (bicyclic) bond motifs is 1. The second-order valence-electron chi connectivity index (χ2n) is 7.90. The number of hydrogen-bond donors (Lipinski definition) is 1. The third kappa shape index (κ3) is 4.53. The van der Waals surface area contributed by atoms with Crippen LogP contribution in [-0.2, 0) is 17.8 Å². The van der Waals surface area contributed by atoms with Crippen LogP contribution in [0.3, 0.4) is 0 Å². The highest BCUT2D eigenvalue weighted by Gasteiger charge is 2.41. The summed E-state index contributed by atoms with van der Waals surface area (Å²) in [6.45, 7) is 4.69. The zero-order chi connectivity index (χ0) is 20.2. The Morgan fingerprint density at radius 2 is 1.86 bits per heavy atom. The van der Waals surface area contributed by atoms with Crippen LogP contribution in [0.25, 0.3) is 0 Å². The van der Waals surface area contributed by atoms with Crippen LogP contribution in [0.2, 0.25) is 0 Å². The predicted molar refractivity (Wildman–Crippen MR) is 110 cm³/mol. The number of carbonyl (C=O) groups is 2. The Bertz CT molecular complexity index is 853. The van der Waals surface area contributed by atoms with Gasteiger partial charge in [-0.05, 0) is 24.5 Å². The molecule has 0 spiro atoms. The van der Waals surface area contributed by atoms with Gasteiger partial charge in [0.15, 0.2) is 0 Å². The topological polar surface area (TPSA) is 61.9 Å². The summed E-state index contributed by atoms with van der Waals surface area (Å²) in [6.07, 6.45) is 0.540. The molecule has 4 rings (SSSR count). The van der Waals surface area contributed by atoms with E-state index in [2.05, 4.69) is 5.32 Å². The molecule has 1 N–H and O–H groups in total. The van der Waals surface area contributed by atoms with E-state index in [4.69, 9.17) is 4.74 Å². The Morgan fingerprint density at radius 3 is 2.62 bits per heavy atom. The lowest BCUT2D eigenvalue weighted by molar-refractivity contribution is -0.0241. The highest BCUT2D eigenvalue weighted by Crippen LogP contribution is 2.29. The first-order valence-electron chi connectivity index (χ1n) is 10.2. The van der Waals surface area contributed by atoms with E-state index in [0.29, 0.717) is 32.8 Å². The summed E-state index contributed by atoms with van der Waals surface area (Å²) >= 11 is 0. The van der Waals surface area contributed by atoms with E-state index in [0.717, 1.165) is 17.5 Å². The summed E-state index contributed by atoms with van der Waals surface area (Å²) in [5, 5.41) is 3.01. The van der Waals surface area contributed by atoms with Gasteiger partial charge in [0, 0.05) is 32.1 Å². The minimum Gasteiger partial charge on any atom is -0.449 e. The maximum atomic E-state index is 12.7. The molecule has 6 heteroatoms. The molecule has 0 saturated carbocycles. The SMILES string of the molecule is Cc1ccc(CNC(=O)N2CC[C@@H]3COC(=O)N(Cc4ccccc4)[C@@H]3C2)cc1. The standard InChI is InChI=1S/C23H27N3O3/c1-17-7-9-18(10-8-17)13-24-22(27)25-12-11-20-16-29-23(28)26(21(20)15-25)14-19-5-3-2-4-6-19/h2-10,20-21H,11-16H2,1H3,(H,24,27)/t20-,21-/m1/s1. The maximum Gasteiger partial charge on any atom is 0.410 e. The molecule has 152 valence electrons. The molecule has 2 aliphatic heterocycles. The summed E-state index contributed by atoms with van der Waals surface area (Å²) in [6, 6.07) is 17.9. The van der Waals surface area contributed by atoms with Gasteiger partial charge in [-0.15, -0.1) is 0 Å². The molecule has 0 aromatic heterocycles. The highest BCUT2D eigenvalue weighted by molar-refractivity contribution is 5.75. The zero-order valence-electron chi connectivity index (χ0n) is 16.7. The van der Waals surface area contributed by atoms with Crippen molar-refractivity contribution in [1.82, 2.24) is 15.1 Å². The quantitative estimate of drug-likeness (QED) is 0.864. The number of nitrogens with zero attached hydrogens (tertiary/aromatic N) is 2. The molecule has 0 bridgehead atoms. The number of rotatable bonds is 4. The van der Waals surface area contributed by atoms with E-state index < -0.39 is 0 Å². The minimum atomic E-state index is -0.294. The molecule has 6 nitrogen and oxygen atoms in total. The van der Waals surface area contributed by atoms with Crippen LogP contribution in [-0.4, -0.2) is 47.7 Å². The maximum absolute atomic E-state index is 12.7. The zero-order valence-corrected chi connectivity index (χ0v) is 16.7. The van der Waals surface area contributed by atoms with Crippen molar-refractivity contribution in [3.63, 3.8) is 0 Å². The Kier molecular flexibility index (Phi) is 5.69. The predicted octanol–water partition coefficient (Wildman–Crippen LogP) is 3.55. The molecule has 0 unspecified atom stereocenters. The normalized spacial score (nSPS) is 21.3. The van der Waals surface area contributed by atoms with Gasteiger partial charge < -0.3 is 15.0 Å². The number of carbonyl (C=O) groups excluding carboxylic acids is 2. The summed E-state index contributed by atoms with van der Waals surface area (Å²) in [5.41, 5.74) is 3.33. The number of amides is 3. The first kappa shape index (κ1) is 19.3. The van der Waals surface area contributed by atoms with Gasteiger partial charge in [-0.1, -0.05) is 60.2 Å². The Labute approximate surface area is 171 Å². The fraction of sp³-hybridized carbons (Fsp3) is 0.391. The van der Waals surface area contributed by atoms with E-state index in [1.54, 1.807) is 4.90 Å². The number of cyclic esters (lactones) is 1. The Hall–Kier alpha value is -3.02. The van der Waals surface area contributed by atoms with Crippen LogP contribution < -0.4 is 5.32 Å². The molecular formula is C23H27N3O3. The van der Waals surface area contributed by atoms with Crippen molar-refractivity contribution in [2.24, 2.45) is 5.92 Å². The van der Waals surface area contributed by atoms with Gasteiger partial charge in [0.1, 0.15) is 0 Å². The Morgan fingerprint density at radius 1 is 1.10 bits per heavy atom. The minimum absolute atomic E-state index is 0.0182. The van der Waals surface area contributed by atoms with Crippen molar-refractivity contribution >= 4 is 12.1 Å². The van der Waals surface area contributed by atoms with Gasteiger partial charge in [0.05, 0.1) is 12.6 Å². The van der Waals surface area contributed by atoms with Gasteiger partial charge in [0.25, 0.3) is 0 Å². The lowest BCUT2D eigenvalue weighted by Crippen LogP contribution is -2.60. The molecule has 2 aromatic carbocycles. The summed E-state index contributed by atoms with van der Waals surface area (Å²) in [7, 11) is 0. The first-order valence-corrected chi connectivity index (χ1v) is 10.2. The van der Waals surface area contributed by atoms with Crippen LogP contribution in [0, 0.1) is 12.8 Å². The average Bonchev–Trinajstić information content (AvgIpc) is 2.75. The van der Waals surface area contributed by atoms with Gasteiger partial charge >= 0.3 is 12.1 Å². The first-order chi connectivity index (χ1) is 14.1. The molecule has 2 fully saturated rings. The van der Waals surface area contributed by atoms with Crippen LogP contribution in [0.4, 0.5) is 9.59 Å². The van der Waals surface area contributed by atoms with Crippen molar-refractivity contribution < 1.29 is 14.3 Å².